The summed E-state index contributed by atoms with van der Waals surface area (Å²) in [7, 11) is 3.49. The molecule has 2 aromatic rings. The normalized spacial score (nSPS) is 11.2. The van der Waals surface area contributed by atoms with Gasteiger partial charge in [-0.2, -0.15) is 0 Å². The van der Waals surface area contributed by atoms with E-state index in [0.717, 1.165) is 35.5 Å². The molecule has 0 heterocycles. The molecule has 0 aromatic heterocycles. The summed E-state index contributed by atoms with van der Waals surface area (Å²) in [6, 6.07) is 13.0. The van der Waals surface area contributed by atoms with E-state index in [4.69, 9.17) is 9.47 Å². The minimum atomic E-state index is 0.611. The number of methoxy groups -OCH3 is 2. The molecule has 0 unspecified atom stereocenters. The third kappa shape index (κ3) is 4.53. The number of hydrogen-bond acceptors (Lipinski definition) is 2. The molecule has 0 aliphatic carbocycles. The van der Waals surface area contributed by atoms with E-state index in [1.807, 2.05) is 0 Å². The molecular weight excluding hydrogens is 296 g/mol. The average molecular weight is 326 g/mol. The van der Waals surface area contributed by atoms with E-state index in [1.165, 1.54) is 11.1 Å². The van der Waals surface area contributed by atoms with Crippen LogP contribution in [-0.4, -0.2) is 14.2 Å². The summed E-state index contributed by atoms with van der Waals surface area (Å²) in [6.45, 7) is 8.91. The van der Waals surface area contributed by atoms with Gasteiger partial charge in [-0.3, -0.25) is 0 Å². The molecule has 0 N–H and O–H groups in total. The fourth-order valence-corrected chi connectivity index (χ4v) is 3.07. The molecule has 0 aliphatic rings. The largest absolute Gasteiger partial charge is 0.496 e. The molecule has 0 radical (unpaired) electrons. The lowest BCUT2D eigenvalue weighted by Gasteiger charge is -2.15. The van der Waals surface area contributed by atoms with Gasteiger partial charge < -0.3 is 9.47 Å². The number of hydrogen-bond donors (Lipinski definition) is 0. The topological polar surface area (TPSA) is 18.5 Å². The monoisotopic (exact) mass is 326 g/mol. The van der Waals surface area contributed by atoms with Gasteiger partial charge in [0.25, 0.3) is 0 Å². The highest BCUT2D eigenvalue weighted by atomic mass is 16.5. The van der Waals surface area contributed by atoms with E-state index in [1.54, 1.807) is 14.2 Å². The number of rotatable bonds is 7. The molecule has 2 aromatic carbocycles. The Kier molecular flexibility index (Phi) is 6.30. The maximum absolute atomic E-state index is 5.61. The lowest BCUT2D eigenvalue weighted by Crippen LogP contribution is -1.99. The summed E-state index contributed by atoms with van der Waals surface area (Å²) < 4.78 is 11.2. The quantitative estimate of drug-likeness (QED) is 0.643. The van der Waals surface area contributed by atoms with Crippen molar-refractivity contribution in [1.29, 1.82) is 0 Å². The Bertz CT molecular complexity index is 612. The van der Waals surface area contributed by atoms with Crippen molar-refractivity contribution in [2.24, 2.45) is 11.8 Å². The van der Waals surface area contributed by atoms with Crippen molar-refractivity contribution in [2.75, 3.05) is 14.2 Å². The van der Waals surface area contributed by atoms with Gasteiger partial charge in [0.05, 0.1) is 14.2 Å². The first kappa shape index (κ1) is 18.4. The first-order valence-electron chi connectivity index (χ1n) is 8.78. The maximum Gasteiger partial charge on any atom is 0.122 e. The van der Waals surface area contributed by atoms with Crippen molar-refractivity contribution in [3.63, 3.8) is 0 Å². The predicted molar refractivity (Wildman–Crippen MR) is 102 cm³/mol. The molecule has 2 rings (SSSR count). The van der Waals surface area contributed by atoms with Crippen molar-refractivity contribution in [3.8, 4) is 22.6 Å². The van der Waals surface area contributed by atoms with E-state index in [9.17, 15) is 0 Å². The van der Waals surface area contributed by atoms with Crippen molar-refractivity contribution < 1.29 is 9.47 Å². The number of benzene rings is 2. The third-order valence-corrected chi connectivity index (χ3v) is 4.16. The molecule has 0 amide bonds. The van der Waals surface area contributed by atoms with Gasteiger partial charge in [0.1, 0.15) is 11.5 Å². The van der Waals surface area contributed by atoms with Crippen LogP contribution in [0, 0.1) is 11.8 Å². The summed E-state index contributed by atoms with van der Waals surface area (Å²) in [4.78, 5) is 0. The van der Waals surface area contributed by atoms with Crippen LogP contribution in [0.5, 0.6) is 11.5 Å². The Labute approximate surface area is 146 Å². The summed E-state index contributed by atoms with van der Waals surface area (Å²) in [5.41, 5.74) is 4.85. The van der Waals surface area contributed by atoms with Crippen LogP contribution < -0.4 is 9.47 Å². The predicted octanol–water partition coefficient (Wildman–Crippen LogP) is 5.77. The second kappa shape index (κ2) is 8.23. The van der Waals surface area contributed by atoms with Crippen molar-refractivity contribution >= 4 is 0 Å². The van der Waals surface area contributed by atoms with E-state index >= 15 is 0 Å². The van der Waals surface area contributed by atoms with Crippen molar-refractivity contribution in [2.45, 2.75) is 40.5 Å². The zero-order valence-electron chi connectivity index (χ0n) is 15.8. The Hall–Kier alpha value is -1.96. The van der Waals surface area contributed by atoms with Gasteiger partial charge in [-0.05, 0) is 59.1 Å². The van der Waals surface area contributed by atoms with Crippen LogP contribution in [0.15, 0.2) is 36.4 Å². The Balaban J connectivity index is 2.37. The van der Waals surface area contributed by atoms with Gasteiger partial charge in [0.15, 0.2) is 0 Å². The smallest absolute Gasteiger partial charge is 0.122 e. The first-order valence-corrected chi connectivity index (χ1v) is 8.78. The Morgan fingerprint density at radius 2 is 1.04 bits per heavy atom. The summed E-state index contributed by atoms with van der Waals surface area (Å²) in [6.07, 6.45) is 2.06. The fraction of sp³-hybridized carbons (Fsp3) is 0.455. The van der Waals surface area contributed by atoms with Gasteiger partial charge in [0.2, 0.25) is 0 Å². The SMILES string of the molecule is COc1cc(-c2ccc(CC(C)C)c(OC)c2)ccc1CC(C)C. The minimum Gasteiger partial charge on any atom is -0.496 e. The van der Waals surface area contributed by atoms with Crippen LogP contribution in [0.25, 0.3) is 11.1 Å². The molecule has 0 fully saturated rings. The van der Waals surface area contributed by atoms with Crippen molar-refractivity contribution in [3.05, 3.63) is 47.5 Å². The Morgan fingerprint density at radius 1 is 0.667 bits per heavy atom. The van der Waals surface area contributed by atoms with Gasteiger partial charge in [-0.1, -0.05) is 52.0 Å². The highest BCUT2D eigenvalue weighted by Gasteiger charge is 2.11. The summed E-state index contributed by atoms with van der Waals surface area (Å²) >= 11 is 0. The van der Waals surface area contributed by atoms with E-state index in [-0.39, 0.29) is 0 Å². The zero-order chi connectivity index (χ0) is 17.7. The van der Waals surface area contributed by atoms with Gasteiger partial charge >= 0.3 is 0 Å². The molecule has 24 heavy (non-hydrogen) atoms. The molecular formula is C22H30O2. The maximum atomic E-state index is 5.61. The molecule has 0 saturated heterocycles. The van der Waals surface area contributed by atoms with E-state index in [0.29, 0.717) is 11.8 Å². The molecule has 0 atom stereocenters. The van der Waals surface area contributed by atoms with Crippen LogP contribution in [0.4, 0.5) is 0 Å². The molecule has 0 saturated carbocycles. The average Bonchev–Trinajstić information content (AvgIpc) is 2.54. The van der Waals surface area contributed by atoms with Crippen molar-refractivity contribution in [1.82, 2.24) is 0 Å². The second-order valence-electron chi connectivity index (χ2n) is 7.25. The van der Waals surface area contributed by atoms with E-state index in [2.05, 4.69) is 64.1 Å². The zero-order valence-corrected chi connectivity index (χ0v) is 15.8. The van der Waals surface area contributed by atoms with Crippen LogP contribution >= 0.6 is 0 Å². The molecule has 0 bridgehead atoms. The van der Waals surface area contributed by atoms with Crippen LogP contribution in [0.1, 0.15) is 38.8 Å². The molecule has 130 valence electrons. The summed E-state index contributed by atoms with van der Waals surface area (Å²) in [5, 5.41) is 0. The second-order valence-corrected chi connectivity index (χ2v) is 7.25. The number of ether oxygens (including phenoxy) is 2. The highest BCUT2D eigenvalue weighted by Crippen LogP contribution is 2.32. The third-order valence-electron chi connectivity index (χ3n) is 4.16. The lowest BCUT2D eigenvalue weighted by molar-refractivity contribution is 0.406. The van der Waals surface area contributed by atoms with E-state index < -0.39 is 0 Å². The van der Waals surface area contributed by atoms with Crippen LogP contribution in [0.3, 0.4) is 0 Å². The first-order chi connectivity index (χ1) is 11.4. The fourth-order valence-electron chi connectivity index (χ4n) is 3.07. The van der Waals surface area contributed by atoms with Crippen LogP contribution in [0.2, 0.25) is 0 Å². The van der Waals surface area contributed by atoms with Gasteiger partial charge in [-0.25, -0.2) is 0 Å². The van der Waals surface area contributed by atoms with Gasteiger partial charge in [0, 0.05) is 0 Å². The molecule has 0 aliphatic heterocycles. The molecule has 2 nitrogen and oxygen atoms in total. The minimum absolute atomic E-state index is 0.611. The summed E-state index contributed by atoms with van der Waals surface area (Å²) in [5.74, 6) is 3.15. The Morgan fingerprint density at radius 3 is 1.33 bits per heavy atom. The molecule has 2 heteroatoms. The standard InChI is InChI=1S/C22H30O2/c1-15(2)11-19-9-7-17(13-21(19)23-5)18-8-10-20(12-16(3)4)22(14-18)24-6/h7-10,13-16H,11-12H2,1-6H3. The highest BCUT2D eigenvalue weighted by molar-refractivity contribution is 5.68. The molecule has 0 spiro atoms. The van der Waals surface area contributed by atoms with Crippen LogP contribution in [-0.2, 0) is 12.8 Å². The van der Waals surface area contributed by atoms with Gasteiger partial charge in [-0.15, -0.1) is 0 Å². The lowest BCUT2D eigenvalue weighted by atomic mass is 9.95.